The van der Waals surface area contributed by atoms with Crippen molar-refractivity contribution >= 4 is 10.8 Å². The molecular formula is C27H28N+. The minimum Gasteiger partial charge on any atom is -0.198 e. The Morgan fingerprint density at radius 1 is 0.679 bits per heavy atom. The summed E-state index contributed by atoms with van der Waals surface area (Å²) in [5.41, 5.74) is 11.8. The van der Waals surface area contributed by atoms with Crippen molar-refractivity contribution in [3.05, 3.63) is 88.6 Å². The van der Waals surface area contributed by atoms with Gasteiger partial charge in [0.1, 0.15) is 7.05 Å². The molecule has 4 rings (SSSR count). The lowest BCUT2D eigenvalue weighted by molar-refractivity contribution is -0.665. The van der Waals surface area contributed by atoms with E-state index < -0.39 is 0 Å². The minimum atomic E-state index is 1.27. The van der Waals surface area contributed by atoms with Gasteiger partial charge in [-0.3, -0.25) is 0 Å². The van der Waals surface area contributed by atoms with Crippen LogP contribution in [0.3, 0.4) is 0 Å². The summed E-state index contributed by atoms with van der Waals surface area (Å²) in [6, 6.07) is 22.5. The average Bonchev–Trinajstić information content (AvgIpc) is 2.64. The Balaban J connectivity index is 1.97. The van der Waals surface area contributed by atoms with Crippen molar-refractivity contribution in [2.75, 3.05) is 0 Å². The van der Waals surface area contributed by atoms with Gasteiger partial charge in [-0.2, -0.15) is 4.57 Å². The summed E-state index contributed by atoms with van der Waals surface area (Å²) in [5.74, 6) is 0. The van der Waals surface area contributed by atoms with Gasteiger partial charge in [0.05, 0.1) is 5.39 Å². The molecule has 0 aliphatic heterocycles. The third kappa shape index (κ3) is 3.01. The number of fused-ring (bicyclic) bond motifs is 1. The SMILES string of the molecule is Cc1ccc2cc(C)[n+](C)c(-c3ccc(-c4c(C)cccc4C)cc3C)c2c1. The molecule has 1 aromatic heterocycles. The van der Waals surface area contributed by atoms with E-state index in [1.165, 1.54) is 61.1 Å². The van der Waals surface area contributed by atoms with E-state index in [9.17, 15) is 0 Å². The summed E-state index contributed by atoms with van der Waals surface area (Å²) in [4.78, 5) is 0. The quantitative estimate of drug-likeness (QED) is 0.355. The molecule has 0 radical (unpaired) electrons. The molecule has 0 bridgehead atoms. The van der Waals surface area contributed by atoms with Crippen LogP contribution >= 0.6 is 0 Å². The molecule has 0 fully saturated rings. The van der Waals surface area contributed by atoms with Crippen molar-refractivity contribution in [3.8, 4) is 22.4 Å². The van der Waals surface area contributed by atoms with Crippen LogP contribution in [0.15, 0.2) is 60.7 Å². The molecule has 0 saturated heterocycles. The molecule has 0 atom stereocenters. The Bertz CT molecular complexity index is 1190. The van der Waals surface area contributed by atoms with Gasteiger partial charge in [-0.25, -0.2) is 0 Å². The minimum absolute atomic E-state index is 1.27. The highest BCUT2D eigenvalue weighted by Crippen LogP contribution is 2.34. The molecule has 1 nitrogen and oxygen atoms in total. The fourth-order valence-electron chi connectivity index (χ4n) is 4.36. The first kappa shape index (κ1) is 18.4. The predicted molar refractivity (Wildman–Crippen MR) is 120 cm³/mol. The van der Waals surface area contributed by atoms with Crippen molar-refractivity contribution in [3.63, 3.8) is 0 Å². The first-order valence-electron chi connectivity index (χ1n) is 9.94. The number of aromatic nitrogens is 1. The van der Waals surface area contributed by atoms with Crippen molar-refractivity contribution in [1.29, 1.82) is 0 Å². The van der Waals surface area contributed by atoms with Crippen LogP contribution in [0.25, 0.3) is 33.2 Å². The predicted octanol–water partition coefficient (Wildman–Crippen LogP) is 6.54. The highest BCUT2D eigenvalue weighted by atomic mass is 14.9. The molecule has 0 saturated carbocycles. The Morgan fingerprint density at radius 2 is 1.39 bits per heavy atom. The lowest BCUT2D eigenvalue weighted by atomic mass is 9.91. The molecule has 4 aromatic rings. The van der Waals surface area contributed by atoms with Crippen LogP contribution in [-0.4, -0.2) is 0 Å². The van der Waals surface area contributed by atoms with Gasteiger partial charge in [0.25, 0.3) is 0 Å². The largest absolute Gasteiger partial charge is 0.220 e. The molecular weight excluding hydrogens is 338 g/mol. The van der Waals surface area contributed by atoms with Gasteiger partial charge in [-0.15, -0.1) is 0 Å². The number of hydrogen-bond donors (Lipinski definition) is 0. The van der Waals surface area contributed by atoms with E-state index in [2.05, 4.69) is 107 Å². The van der Waals surface area contributed by atoms with Gasteiger partial charge < -0.3 is 0 Å². The van der Waals surface area contributed by atoms with Gasteiger partial charge in [0.15, 0.2) is 5.69 Å². The monoisotopic (exact) mass is 366 g/mol. The molecule has 1 heterocycles. The Kier molecular flexibility index (Phi) is 4.55. The molecule has 0 N–H and O–H groups in total. The zero-order chi connectivity index (χ0) is 20.0. The summed E-state index contributed by atoms with van der Waals surface area (Å²) >= 11 is 0. The Labute approximate surface area is 168 Å². The second-order valence-electron chi connectivity index (χ2n) is 8.08. The Morgan fingerprint density at radius 3 is 2.07 bits per heavy atom. The van der Waals surface area contributed by atoms with Gasteiger partial charge in [-0.05, 0) is 73.0 Å². The summed E-state index contributed by atoms with van der Waals surface area (Å²) in [6.07, 6.45) is 0. The maximum Gasteiger partial charge on any atom is 0.220 e. The number of benzene rings is 3. The number of hydrogen-bond acceptors (Lipinski definition) is 0. The normalized spacial score (nSPS) is 11.2. The highest BCUT2D eigenvalue weighted by molar-refractivity contribution is 5.94. The first-order chi connectivity index (χ1) is 13.4. The molecule has 3 aromatic carbocycles. The van der Waals surface area contributed by atoms with Gasteiger partial charge in [0, 0.05) is 18.6 Å². The molecule has 140 valence electrons. The average molecular weight is 367 g/mol. The van der Waals surface area contributed by atoms with E-state index in [0.717, 1.165) is 0 Å². The van der Waals surface area contributed by atoms with E-state index in [1.54, 1.807) is 0 Å². The van der Waals surface area contributed by atoms with Crippen molar-refractivity contribution in [2.24, 2.45) is 7.05 Å². The van der Waals surface area contributed by atoms with Gasteiger partial charge in [-0.1, -0.05) is 48.0 Å². The second kappa shape index (κ2) is 6.91. The standard InChI is InChI=1S/C27H28N/c1-17-10-11-22-16-21(5)28(6)27(25(22)14-17)24-13-12-23(15-20(24)4)26-18(2)8-7-9-19(26)3/h7-16H,1-6H3/q+1. The second-order valence-corrected chi connectivity index (χ2v) is 8.08. The van der Waals surface area contributed by atoms with E-state index in [0.29, 0.717) is 0 Å². The van der Waals surface area contributed by atoms with Gasteiger partial charge in [0.2, 0.25) is 5.69 Å². The van der Waals surface area contributed by atoms with Crippen molar-refractivity contribution in [1.82, 2.24) is 0 Å². The van der Waals surface area contributed by atoms with Crippen molar-refractivity contribution in [2.45, 2.75) is 34.6 Å². The third-order valence-corrected chi connectivity index (χ3v) is 5.94. The first-order valence-corrected chi connectivity index (χ1v) is 9.94. The lowest BCUT2D eigenvalue weighted by Crippen LogP contribution is -2.35. The highest BCUT2D eigenvalue weighted by Gasteiger charge is 2.20. The summed E-state index contributed by atoms with van der Waals surface area (Å²) in [7, 11) is 2.17. The fourth-order valence-corrected chi connectivity index (χ4v) is 4.36. The van der Waals surface area contributed by atoms with Crippen LogP contribution in [0, 0.1) is 34.6 Å². The van der Waals surface area contributed by atoms with Crippen LogP contribution in [0.4, 0.5) is 0 Å². The van der Waals surface area contributed by atoms with E-state index in [-0.39, 0.29) is 0 Å². The lowest BCUT2D eigenvalue weighted by Gasteiger charge is -2.14. The number of pyridine rings is 1. The van der Waals surface area contributed by atoms with Crippen LogP contribution < -0.4 is 4.57 Å². The third-order valence-electron chi connectivity index (χ3n) is 5.94. The molecule has 28 heavy (non-hydrogen) atoms. The summed E-state index contributed by atoms with van der Waals surface area (Å²) < 4.78 is 2.32. The molecule has 1 heteroatoms. The zero-order valence-corrected chi connectivity index (χ0v) is 17.7. The molecule has 0 unspecified atom stereocenters. The maximum atomic E-state index is 2.34. The van der Waals surface area contributed by atoms with E-state index in [1.807, 2.05) is 0 Å². The Hall–Kier alpha value is -2.93. The summed E-state index contributed by atoms with van der Waals surface area (Å²) in [6.45, 7) is 11.0. The zero-order valence-electron chi connectivity index (χ0n) is 17.7. The van der Waals surface area contributed by atoms with Crippen molar-refractivity contribution < 1.29 is 4.57 Å². The van der Waals surface area contributed by atoms with Crippen LogP contribution in [0.1, 0.15) is 27.9 Å². The van der Waals surface area contributed by atoms with Gasteiger partial charge >= 0.3 is 0 Å². The van der Waals surface area contributed by atoms with Crippen LogP contribution in [0.2, 0.25) is 0 Å². The van der Waals surface area contributed by atoms with Crippen LogP contribution in [0.5, 0.6) is 0 Å². The molecule has 0 amide bonds. The topological polar surface area (TPSA) is 3.88 Å². The van der Waals surface area contributed by atoms with Crippen LogP contribution in [-0.2, 0) is 7.05 Å². The molecule has 0 spiro atoms. The molecule has 0 aliphatic rings. The smallest absolute Gasteiger partial charge is 0.198 e. The number of rotatable bonds is 2. The number of nitrogens with zero attached hydrogens (tertiary/aromatic N) is 1. The van der Waals surface area contributed by atoms with E-state index >= 15 is 0 Å². The fraction of sp³-hybridized carbons (Fsp3) is 0.222. The van der Waals surface area contributed by atoms with E-state index in [4.69, 9.17) is 0 Å². The molecule has 0 aliphatic carbocycles. The number of aryl methyl sites for hydroxylation is 5. The maximum absolute atomic E-state index is 2.34. The summed E-state index contributed by atoms with van der Waals surface area (Å²) in [5, 5.41) is 2.62.